The van der Waals surface area contributed by atoms with Gasteiger partial charge >= 0.3 is 17.9 Å². The average Bonchev–Trinajstić information content (AvgIpc) is 2.89. The molecule has 0 aliphatic carbocycles. The van der Waals surface area contributed by atoms with Crippen molar-refractivity contribution in [2.75, 3.05) is 7.11 Å². The molecule has 0 radical (unpaired) electrons. The zero-order chi connectivity index (χ0) is 33.3. The second-order valence-electron chi connectivity index (χ2n) is 11.2. The van der Waals surface area contributed by atoms with Gasteiger partial charge in [0, 0.05) is 15.9 Å². The molecule has 16 heteroatoms. The van der Waals surface area contributed by atoms with E-state index in [2.05, 4.69) is 10.1 Å². The van der Waals surface area contributed by atoms with E-state index in [4.69, 9.17) is 27.4 Å². The Bertz CT molecular complexity index is 1170. The predicted molar refractivity (Wildman–Crippen MR) is 163 cm³/mol. The van der Waals surface area contributed by atoms with Gasteiger partial charge in [0.2, 0.25) is 17.7 Å². The molecule has 4 atom stereocenters. The van der Waals surface area contributed by atoms with Crippen LogP contribution in [0.2, 0.25) is 0 Å². The lowest BCUT2D eigenvalue weighted by Gasteiger charge is -2.61. The van der Waals surface area contributed by atoms with Gasteiger partial charge in [-0.1, -0.05) is 30.3 Å². The molecule has 1 fully saturated rings. The number of hydrogen-bond acceptors (Lipinski definition) is 10. The lowest BCUT2D eigenvalue weighted by molar-refractivity contribution is -0.147. The van der Waals surface area contributed by atoms with E-state index in [1.807, 2.05) is 45.9 Å². The Morgan fingerprint density at radius 3 is 1.84 bits per heavy atom. The number of nitrogens with two attached hydrogens (primary N) is 3. The normalized spacial score (nSPS) is 17.4. The molecule has 1 aliphatic rings. The van der Waals surface area contributed by atoms with Crippen molar-refractivity contribution in [1.29, 1.82) is 0 Å². The van der Waals surface area contributed by atoms with Crippen LogP contribution < -0.4 is 22.5 Å². The smallest absolute Gasteiger partial charge is 0.328 e. The molecule has 248 valence electrons. The fourth-order valence-electron chi connectivity index (χ4n) is 5.13. The van der Waals surface area contributed by atoms with Crippen molar-refractivity contribution in [1.82, 2.24) is 10.2 Å². The van der Waals surface area contributed by atoms with Gasteiger partial charge < -0.3 is 47.8 Å². The van der Waals surface area contributed by atoms with E-state index in [9.17, 15) is 28.8 Å². The molecule has 1 saturated heterocycles. The predicted octanol–water partition coefficient (Wildman–Crippen LogP) is -0.972. The highest BCUT2D eigenvalue weighted by molar-refractivity contribution is 8.03. The molecule has 1 aromatic carbocycles. The first-order chi connectivity index (χ1) is 19.7. The molecule has 44 heavy (non-hydrogen) atoms. The number of ether oxygens (including phenoxy) is 1. The second-order valence-corrected chi connectivity index (χ2v) is 13.5. The van der Waals surface area contributed by atoms with Gasteiger partial charge in [0.15, 0.2) is 0 Å². The van der Waals surface area contributed by atoms with Crippen molar-refractivity contribution in [2.24, 2.45) is 17.2 Å². The summed E-state index contributed by atoms with van der Waals surface area (Å²) < 4.78 is 4.09. The van der Waals surface area contributed by atoms with E-state index in [0.29, 0.717) is 0 Å². The Labute approximate surface area is 260 Å². The summed E-state index contributed by atoms with van der Waals surface area (Å²) in [7, 11) is 1.21. The van der Waals surface area contributed by atoms with Gasteiger partial charge in [0.1, 0.15) is 12.1 Å². The van der Waals surface area contributed by atoms with Gasteiger partial charge in [0.05, 0.1) is 38.1 Å². The lowest BCUT2D eigenvalue weighted by Crippen LogP contribution is -2.72. The first kappa shape index (κ1) is 40.3. The van der Waals surface area contributed by atoms with Gasteiger partial charge in [-0.2, -0.15) is 0 Å². The zero-order valence-electron chi connectivity index (χ0n) is 25.7. The van der Waals surface area contributed by atoms with Crippen molar-refractivity contribution in [2.45, 2.75) is 93.6 Å². The molecule has 1 heterocycles. The summed E-state index contributed by atoms with van der Waals surface area (Å²) in [5, 5.41) is 19.9. The SMILES string of the molecule is COC(=O)C(Cc1ccccc1)NC(=O)C(N)CC(=O)O.C[C@H](C(N)=O)N(C(=O)[C@@H](N)CC(=O)O)C1C(C)(C)SC1(C)C.O. The lowest BCUT2D eigenvalue weighted by atomic mass is 9.86. The Balaban J connectivity index is 0.000000823. The van der Waals surface area contributed by atoms with E-state index in [1.54, 1.807) is 30.8 Å². The van der Waals surface area contributed by atoms with E-state index >= 15 is 0 Å². The standard InChI is InChI=1S/C14H25N3O4S.C14H18N2O5.H2O/c1-7(10(16)20)17(11(21)8(15)6-9(18)19)12-13(2,3)22-14(12,4)5;1-21-14(20)11(7-9-5-3-2-4-6-9)16-13(19)10(15)8-12(17)18;/h7-8,12H,6,15H2,1-5H3,(H2,16,20)(H,18,19);2-6,10-11H,7-8,15H2,1H3,(H,16,19)(H,17,18);1H2/t7-,8+;;/m1../s1. The van der Waals surface area contributed by atoms with Crippen LogP contribution in [-0.2, 0) is 39.9 Å². The number of rotatable bonds is 13. The van der Waals surface area contributed by atoms with Crippen LogP contribution in [-0.4, -0.2) is 103 Å². The molecule has 0 bridgehead atoms. The molecule has 0 saturated carbocycles. The first-order valence-electron chi connectivity index (χ1n) is 13.4. The van der Waals surface area contributed by atoms with Crippen LogP contribution in [0.1, 0.15) is 53.0 Å². The van der Waals surface area contributed by atoms with Crippen molar-refractivity contribution >= 4 is 47.4 Å². The maximum absolute atomic E-state index is 12.7. The number of nitrogens with one attached hydrogen (secondary N) is 1. The Morgan fingerprint density at radius 2 is 1.43 bits per heavy atom. The molecule has 2 rings (SSSR count). The van der Waals surface area contributed by atoms with Crippen LogP contribution in [0.5, 0.6) is 0 Å². The minimum Gasteiger partial charge on any atom is -0.481 e. The molecule has 0 spiro atoms. The molecule has 1 aliphatic heterocycles. The van der Waals surface area contributed by atoms with E-state index in [0.717, 1.165) is 5.56 Å². The summed E-state index contributed by atoms with van der Waals surface area (Å²) in [6.45, 7) is 9.45. The monoisotopic (exact) mass is 643 g/mol. The number of esters is 1. The molecule has 1 aromatic rings. The van der Waals surface area contributed by atoms with E-state index in [-0.39, 0.29) is 27.4 Å². The molecule has 2 unspecified atom stereocenters. The Hall–Kier alpha value is -3.73. The van der Waals surface area contributed by atoms with Crippen molar-refractivity contribution in [3.05, 3.63) is 35.9 Å². The number of aliphatic carboxylic acids is 2. The van der Waals surface area contributed by atoms with Crippen LogP contribution in [0.4, 0.5) is 0 Å². The van der Waals surface area contributed by atoms with Crippen LogP contribution in [0.3, 0.4) is 0 Å². The number of carboxylic acid groups (broad SMARTS) is 2. The number of carbonyl (C=O) groups is 6. The summed E-state index contributed by atoms with van der Waals surface area (Å²) in [6, 6.07) is 4.61. The molecule has 11 N–H and O–H groups in total. The Kier molecular flexibility index (Phi) is 15.5. The van der Waals surface area contributed by atoms with Crippen molar-refractivity contribution < 1.29 is 49.2 Å². The van der Waals surface area contributed by atoms with Crippen LogP contribution >= 0.6 is 11.8 Å². The van der Waals surface area contributed by atoms with Crippen molar-refractivity contribution in [3.63, 3.8) is 0 Å². The summed E-state index contributed by atoms with van der Waals surface area (Å²) in [5.41, 5.74) is 17.4. The van der Waals surface area contributed by atoms with E-state index < -0.39 is 72.6 Å². The number of nitrogens with zero attached hydrogens (tertiary/aromatic N) is 1. The van der Waals surface area contributed by atoms with Gasteiger partial charge in [-0.25, -0.2) is 4.79 Å². The van der Waals surface area contributed by atoms with Gasteiger partial charge in [-0.05, 0) is 40.2 Å². The zero-order valence-corrected chi connectivity index (χ0v) is 26.6. The number of amides is 3. The first-order valence-corrected chi connectivity index (χ1v) is 14.2. The highest BCUT2D eigenvalue weighted by Crippen LogP contribution is 2.57. The highest BCUT2D eigenvalue weighted by atomic mass is 32.2. The van der Waals surface area contributed by atoms with Crippen LogP contribution in [0.25, 0.3) is 0 Å². The molecular weight excluding hydrogens is 598 g/mol. The largest absolute Gasteiger partial charge is 0.481 e. The summed E-state index contributed by atoms with van der Waals surface area (Å²) in [4.78, 5) is 70.5. The number of thioether (sulfide) groups is 1. The fraction of sp³-hybridized carbons (Fsp3) is 0.571. The number of hydrogen-bond donors (Lipinski definition) is 6. The number of carbonyl (C=O) groups excluding carboxylic acids is 4. The minimum absolute atomic E-state index is 0. The van der Waals surface area contributed by atoms with Gasteiger partial charge in [-0.15, -0.1) is 11.8 Å². The molecule has 15 nitrogen and oxygen atoms in total. The third-order valence-electron chi connectivity index (χ3n) is 6.73. The molecule has 3 amide bonds. The molecular formula is C28H45N5O10S. The van der Waals surface area contributed by atoms with Gasteiger partial charge in [-0.3, -0.25) is 24.0 Å². The summed E-state index contributed by atoms with van der Waals surface area (Å²) >= 11 is 1.69. The minimum atomic E-state index is -1.22. The topological polar surface area (TPSA) is 277 Å². The number of carboxylic acids is 2. The maximum atomic E-state index is 12.7. The third-order valence-corrected chi connectivity index (χ3v) is 8.23. The summed E-state index contributed by atoms with van der Waals surface area (Å²) in [6.07, 6.45) is -0.758. The van der Waals surface area contributed by atoms with Crippen LogP contribution in [0, 0.1) is 0 Å². The van der Waals surface area contributed by atoms with Gasteiger partial charge in [0.25, 0.3) is 0 Å². The maximum Gasteiger partial charge on any atom is 0.328 e. The quantitative estimate of drug-likeness (QED) is 0.142. The highest BCUT2D eigenvalue weighted by Gasteiger charge is 2.59. The molecule has 0 aromatic heterocycles. The van der Waals surface area contributed by atoms with Crippen LogP contribution in [0.15, 0.2) is 30.3 Å². The number of primary amides is 1. The number of methoxy groups -OCH3 is 1. The second kappa shape index (κ2) is 16.9. The third kappa shape index (κ3) is 11.4. The number of benzene rings is 1. The van der Waals surface area contributed by atoms with Crippen molar-refractivity contribution in [3.8, 4) is 0 Å². The Morgan fingerprint density at radius 1 is 0.955 bits per heavy atom. The fourth-order valence-corrected chi connectivity index (χ4v) is 7.34. The summed E-state index contributed by atoms with van der Waals surface area (Å²) in [5.74, 6) is -4.86. The van der Waals surface area contributed by atoms with E-state index in [1.165, 1.54) is 12.0 Å². The average molecular weight is 644 g/mol.